The molecule has 0 aromatic rings. The van der Waals surface area contributed by atoms with Crippen molar-refractivity contribution in [3.63, 3.8) is 0 Å². The van der Waals surface area contributed by atoms with Gasteiger partial charge >= 0.3 is 5.97 Å². The number of rotatable bonds is 4. The summed E-state index contributed by atoms with van der Waals surface area (Å²) in [5, 5.41) is 9.19. The molecule has 162 valence electrons. The van der Waals surface area contributed by atoms with Gasteiger partial charge in [-0.2, -0.15) is 5.26 Å². The number of halogens is 1. The van der Waals surface area contributed by atoms with Crippen LogP contribution in [0.2, 0.25) is 0 Å². The first-order valence-electron chi connectivity index (χ1n) is 11.7. The molecule has 0 unspecified atom stereocenters. The second-order valence-corrected chi connectivity index (χ2v) is 11.2. The standard InChI is InChI=1S/C24H37ClN2O2/c1-23-10-8-17(29-22(28)15-25)14-16(23)4-5-18-19-6-7-21(27(3)13-12-26)24(19,2)11-9-20(18)23/h16-21H,4-11,13-15H2,1-3H3/t16-,17+,18+,19+,20-,21-,23-,24-/m0/s1. The number of esters is 1. The summed E-state index contributed by atoms with van der Waals surface area (Å²) in [5.74, 6) is 2.82. The molecule has 0 saturated heterocycles. The maximum Gasteiger partial charge on any atom is 0.321 e. The molecule has 5 heteroatoms. The fourth-order valence-electron chi connectivity index (χ4n) is 8.46. The Labute approximate surface area is 181 Å². The van der Waals surface area contributed by atoms with E-state index in [1.807, 2.05) is 0 Å². The Kier molecular flexibility index (Phi) is 5.95. The average molecular weight is 421 g/mol. The Morgan fingerprint density at radius 2 is 1.83 bits per heavy atom. The van der Waals surface area contributed by atoms with Crippen molar-refractivity contribution in [2.24, 2.45) is 34.5 Å². The first-order chi connectivity index (χ1) is 13.8. The third kappa shape index (κ3) is 3.51. The van der Waals surface area contributed by atoms with Crippen molar-refractivity contribution in [2.45, 2.75) is 83.8 Å². The Bertz CT molecular complexity index is 678. The molecule has 0 N–H and O–H groups in total. The maximum atomic E-state index is 11.7. The molecule has 0 aliphatic heterocycles. The Morgan fingerprint density at radius 1 is 1.10 bits per heavy atom. The highest BCUT2D eigenvalue weighted by molar-refractivity contribution is 6.26. The number of carbonyl (C=O) groups is 1. The van der Waals surface area contributed by atoms with Crippen LogP contribution in [0.1, 0.15) is 71.6 Å². The van der Waals surface area contributed by atoms with Gasteiger partial charge in [0.1, 0.15) is 12.0 Å². The molecule has 4 nitrogen and oxygen atoms in total. The smallest absolute Gasteiger partial charge is 0.321 e. The quantitative estimate of drug-likeness (QED) is 0.364. The lowest BCUT2D eigenvalue weighted by atomic mass is 9.45. The minimum absolute atomic E-state index is 0.0369. The minimum Gasteiger partial charge on any atom is -0.461 e. The molecule has 0 aromatic carbocycles. The third-order valence-electron chi connectivity index (χ3n) is 9.83. The van der Waals surface area contributed by atoms with E-state index >= 15 is 0 Å². The molecule has 0 heterocycles. The molecular formula is C24H37ClN2O2. The van der Waals surface area contributed by atoms with Gasteiger partial charge in [-0.25, -0.2) is 0 Å². The lowest BCUT2D eigenvalue weighted by molar-refractivity contribution is -0.159. The van der Waals surface area contributed by atoms with E-state index in [9.17, 15) is 10.1 Å². The summed E-state index contributed by atoms with van der Waals surface area (Å²) < 4.78 is 5.62. The molecular weight excluding hydrogens is 384 g/mol. The van der Waals surface area contributed by atoms with Crippen molar-refractivity contribution in [3.05, 3.63) is 0 Å². The summed E-state index contributed by atoms with van der Waals surface area (Å²) in [4.78, 5) is 14.0. The van der Waals surface area contributed by atoms with E-state index in [0.717, 1.165) is 30.6 Å². The largest absolute Gasteiger partial charge is 0.461 e. The lowest BCUT2D eigenvalue weighted by Crippen LogP contribution is -2.56. The van der Waals surface area contributed by atoms with Gasteiger partial charge in [-0.15, -0.1) is 11.6 Å². The van der Waals surface area contributed by atoms with Crippen molar-refractivity contribution in [2.75, 3.05) is 19.5 Å². The molecule has 0 radical (unpaired) electrons. The number of hydrogen-bond acceptors (Lipinski definition) is 4. The number of nitrogens with zero attached hydrogens (tertiary/aromatic N) is 2. The zero-order valence-electron chi connectivity index (χ0n) is 18.3. The highest BCUT2D eigenvalue weighted by Gasteiger charge is 2.60. The Morgan fingerprint density at radius 3 is 2.55 bits per heavy atom. The van der Waals surface area contributed by atoms with Crippen molar-refractivity contribution >= 4 is 17.6 Å². The molecule has 4 rings (SSSR count). The number of ether oxygens (including phenoxy) is 1. The molecule has 4 aliphatic carbocycles. The summed E-state index contributed by atoms with van der Waals surface area (Å²) in [5.41, 5.74) is 0.758. The Balaban J connectivity index is 1.49. The number of carbonyl (C=O) groups excluding carboxylic acids is 1. The second kappa shape index (κ2) is 8.04. The molecule has 4 fully saturated rings. The number of alkyl halides is 1. The van der Waals surface area contributed by atoms with Gasteiger partial charge < -0.3 is 4.74 Å². The van der Waals surface area contributed by atoms with E-state index in [0.29, 0.717) is 29.3 Å². The van der Waals surface area contributed by atoms with Gasteiger partial charge in [-0.05, 0) is 99.3 Å². The number of hydrogen-bond donors (Lipinski definition) is 0. The van der Waals surface area contributed by atoms with Crippen LogP contribution in [0.5, 0.6) is 0 Å². The van der Waals surface area contributed by atoms with Gasteiger partial charge in [0.15, 0.2) is 0 Å². The third-order valence-corrected chi connectivity index (χ3v) is 10.0. The molecule has 0 amide bonds. The summed E-state index contributed by atoms with van der Waals surface area (Å²) in [6.07, 6.45) is 11.1. The lowest BCUT2D eigenvalue weighted by Gasteiger charge is -2.61. The molecule has 4 saturated carbocycles. The maximum absolute atomic E-state index is 11.7. The molecule has 0 aromatic heterocycles. The van der Waals surface area contributed by atoms with Crippen LogP contribution >= 0.6 is 11.6 Å². The number of nitriles is 1. The van der Waals surface area contributed by atoms with Crippen molar-refractivity contribution in [1.82, 2.24) is 4.90 Å². The number of fused-ring (bicyclic) bond motifs is 5. The van der Waals surface area contributed by atoms with Gasteiger partial charge in [0.25, 0.3) is 0 Å². The Hall–Kier alpha value is -0.790. The molecule has 4 aliphatic rings. The zero-order chi connectivity index (χ0) is 20.8. The minimum atomic E-state index is -0.263. The predicted octanol–water partition coefficient (Wildman–Crippen LogP) is 5.00. The fraction of sp³-hybridized carbons (Fsp3) is 0.917. The summed E-state index contributed by atoms with van der Waals surface area (Å²) >= 11 is 5.65. The first kappa shape index (κ1) is 21.4. The van der Waals surface area contributed by atoms with E-state index in [2.05, 4.69) is 31.9 Å². The van der Waals surface area contributed by atoms with Gasteiger partial charge in [-0.1, -0.05) is 13.8 Å². The average Bonchev–Trinajstić information content (AvgIpc) is 3.05. The summed E-state index contributed by atoms with van der Waals surface area (Å²) in [6, 6.07) is 2.92. The summed E-state index contributed by atoms with van der Waals surface area (Å²) in [7, 11) is 2.15. The first-order valence-corrected chi connectivity index (χ1v) is 12.2. The van der Waals surface area contributed by atoms with Crippen LogP contribution in [0.3, 0.4) is 0 Å². The van der Waals surface area contributed by atoms with Crippen LogP contribution < -0.4 is 0 Å². The van der Waals surface area contributed by atoms with Crippen LogP contribution in [0.4, 0.5) is 0 Å². The highest BCUT2D eigenvalue weighted by Crippen LogP contribution is 2.66. The van der Waals surface area contributed by atoms with Gasteiger partial charge in [0, 0.05) is 6.04 Å². The molecule has 29 heavy (non-hydrogen) atoms. The van der Waals surface area contributed by atoms with Crippen LogP contribution in [-0.4, -0.2) is 42.5 Å². The monoisotopic (exact) mass is 420 g/mol. The van der Waals surface area contributed by atoms with E-state index in [1.165, 1.54) is 44.9 Å². The normalized spacial score (nSPS) is 46.3. The van der Waals surface area contributed by atoms with Gasteiger partial charge in [-0.3, -0.25) is 9.69 Å². The topological polar surface area (TPSA) is 53.3 Å². The van der Waals surface area contributed by atoms with Crippen molar-refractivity contribution < 1.29 is 9.53 Å². The second-order valence-electron chi connectivity index (χ2n) is 10.9. The SMILES string of the molecule is CN(CC#N)[C@H]1CC[C@@H]2[C@H]3CC[C@H]4C[C@H](OC(=O)CCl)CC[C@]4(C)[C@H]3CC[C@@]21C. The van der Waals surface area contributed by atoms with E-state index < -0.39 is 0 Å². The van der Waals surface area contributed by atoms with Gasteiger partial charge in [0.05, 0.1) is 12.6 Å². The van der Waals surface area contributed by atoms with E-state index in [-0.39, 0.29) is 18.0 Å². The van der Waals surface area contributed by atoms with Gasteiger partial charge in [0.2, 0.25) is 0 Å². The highest BCUT2D eigenvalue weighted by atomic mass is 35.5. The van der Waals surface area contributed by atoms with E-state index in [4.69, 9.17) is 16.3 Å². The van der Waals surface area contributed by atoms with Crippen molar-refractivity contribution in [3.8, 4) is 6.07 Å². The zero-order valence-corrected chi connectivity index (χ0v) is 19.1. The molecule has 8 atom stereocenters. The van der Waals surface area contributed by atoms with Crippen LogP contribution in [0, 0.1) is 45.8 Å². The van der Waals surface area contributed by atoms with Crippen LogP contribution in [0.15, 0.2) is 0 Å². The molecule has 0 bridgehead atoms. The predicted molar refractivity (Wildman–Crippen MR) is 114 cm³/mol. The van der Waals surface area contributed by atoms with Crippen molar-refractivity contribution in [1.29, 1.82) is 5.26 Å². The van der Waals surface area contributed by atoms with Crippen LogP contribution in [0.25, 0.3) is 0 Å². The fourth-order valence-corrected chi connectivity index (χ4v) is 8.52. The van der Waals surface area contributed by atoms with Crippen LogP contribution in [-0.2, 0) is 9.53 Å². The molecule has 0 spiro atoms. The van der Waals surface area contributed by atoms with E-state index in [1.54, 1.807) is 0 Å². The summed E-state index contributed by atoms with van der Waals surface area (Å²) in [6.45, 7) is 5.62.